The maximum absolute atomic E-state index is 6.13. The summed E-state index contributed by atoms with van der Waals surface area (Å²) in [7, 11) is 1.64. The first kappa shape index (κ1) is 11.9. The minimum Gasteiger partial charge on any atom is -0.497 e. The van der Waals surface area contributed by atoms with Crippen LogP contribution in [0.2, 0.25) is 5.02 Å². The van der Waals surface area contributed by atoms with Crippen LogP contribution >= 0.6 is 27.5 Å². The lowest BCUT2D eigenvalue weighted by atomic mass is 10.1. The van der Waals surface area contributed by atoms with Gasteiger partial charge < -0.3 is 4.74 Å². The van der Waals surface area contributed by atoms with Crippen LogP contribution in [0.3, 0.4) is 0 Å². The van der Waals surface area contributed by atoms with E-state index in [1.165, 1.54) is 0 Å². The Bertz CT molecular complexity index is 301. The third-order valence-corrected chi connectivity index (χ3v) is 3.37. The van der Waals surface area contributed by atoms with Crippen molar-refractivity contribution in [2.75, 3.05) is 7.11 Å². The molecule has 1 rings (SSSR count). The lowest BCUT2D eigenvalue weighted by Gasteiger charge is -2.11. The highest BCUT2D eigenvalue weighted by Crippen LogP contribution is 2.34. The molecule has 0 N–H and O–H groups in total. The van der Waals surface area contributed by atoms with Crippen molar-refractivity contribution in [3.05, 3.63) is 28.8 Å². The van der Waals surface area contributed by atoms with Gasteiger partial charge in [0.1, 0.15) is 5.75 Å². The van der Waals surface area contributed by atoms with Crippen LogP contribution in [-0.4, -0.2) is 7.11 Å². The predicted octanol–water partition coefficient (Wildman–Crippen LogP) is 4.58. The van der Waals surface area contributed by atoms with Gasteiger partial charge in [-0.2, -0.15) is 0 Å². The monoisotopic (exact) mass is 276 g/mol. The third-order valence-electron chi connectivity index (χ3n) is 2.09. The highest BCUT2D eigenvalue weighted by molar-refractivity contribution is 9.09. The summed E-state index contributed by atoms with van der Waals surface area (Å²) in [5.41, 5.74) is 1.13. The molecule has 1 aromatic rings. The molecule has 3 heteroatoms. The van der Waals surface area contributed by atoms with E-state index in [1.807, 2.05) is 18.2 Å². The van der Waals surface area contributed by atoms with Crippen LogP contribution in [0.4, 0.5) is 0 Å². The van der Waals surface area contributed by atoms with Gasteiger partial charge in [-0.1, -0.05) is 46.9 Å². The standard InChI is InChI=1S/C11H14BrClO/c1-3-4-10(12)9-6-5-8(14-2)7-11(9)13/h5-7,10H,3-4H2,1-2H3. The van der Waals surface area contributed by atoms with Gasteiger partial charge in [0.25, 0.3) is 0 Å². The second kappa shape index (κ2) is 5.62. The molecule has 0 radical (unpaired) electrons. The molecule has 1 atom stereocenters. The quantitative estimate of drug-likeness (QED) is 0.732. The van der Waals surface area contributed by atoms with Crippen LogP contribution < -0.4 is 4.74 Å². The van der Waals surface area contributed by atoms with Gasteiger partial charge in [-0.05, 0) is 24.1 Å². The van der Waals surface area contributed by atoms with E-state index in [9.17, 15) is 0 Å². The zero-order valence-corrected chi connectivity index (χ0v) is 10.7. The molecule has 1 aromatic carbocycles. The average molecular weight is 278 g/mol. The average Bonchev–Trinajstić information content (AvgIpc) is 2.17. The van der Waals surface area contributed by atoms with E-state index in [0.29, 0.717) is 4.83 Å². The highest BCUT2D eigenvalue weighted by Gasteiger charge is 2.10. The highest BCUT2D eigenvalue weighted by atomic mass is 79.9. The molecule has 0 spiro atoms. The first-order valence-corrected chi connectivity index (χ1v) is 5.96. The SMILES string of the molecule is CCCC(Br)c1ccc(OC)cc1Cl. The molecule has 0 aliphatic heterocycles. The van der Waals surface area contributed by atoms with Crippen molar-refractivity contribution in [3.8, 4) is 5.75 Å². The first-order valence-electron chi connectivity index (χ1n) is 4.66. The zero-order valence-electron chi connectivity index (χ0n) is 8.39. The van der Waals surface area contributed by atoms with E-state index in [2.05, 4.69) is 22.9 Å². The Morgan fingerprint density at radius 3 is 2.71 bits per heavy atom. The molecule has 14 heavy (non-hydrogen) atoms. The number of benzene rings is 1. The van der Waals surface area contributed by atoms with Crippen LogP contribution in [0.1, 0.15) is 30.2 Å². The number of ether oxygens (including phenoxy) is 1. The number of rotatable bonds is 4. The fourth-order valence-corrected chi connectivity index (χ4v) is 2.59. The zero-order chi connectivity index (χ0) is 10.6. The molecule has 0 aliphatic rings. The van der Waals surface area contributed by atoms with Gasteiger partial charge in [0.2, 0.25) is 0 Å². The van der Waals surface area contributed by atoms with Crippen molar-refractivity contribution in [2.45, 2.75) is 24.6 Å². The minimum atomic E-state index is 0.339. The lowest BCUT2D eigenvalue weighted by molar-refractivity contribution is 0.414. The van der Waals surface area contributed by atoms with Crippen molar-refractivity contribution in [1.82, 2.24) is 0 Å². The van der Waals surface area contributed by atoms with Gasteiger partial charge in [0, 0.05) is 9.85 Å². The molecule has 0 heterocycles. The summed E-state index contributed by atoms with van der Waals surface area (Å²) in [6.07, 6.45) is 2.23. The summed E-state index contributed by atoms with van der Waals surface area (Å²) in [5.74, 6) is 0.801. The summed E-state index contributed by atoms with van der Waals surface area (Å²) in [5, 5.41) is 0.764. The fraction of sp³-hybridized carbons (Fsp3) is 0.455. The Morgan fingerprint density at radius 1 is 1.50 bits per heavy atom. The van der Waals surface area contributed by atoms with Gasteiger partial charge in [0.05, 0.1) is 7.11 Å². The smallest absolute Gasteiger partial charge is 0.120 e. The van der Waals surface area contributed by atoms with E-state index in [4.69, 9.17) is 16.3 Å². The van der Waals surface area contributed by atoms with Crippen LogP contribution in [0.15, 0.2) is 18.2 Å². The van der Waals surface area contributed by atoms with Crippen LogP contribution in [0, 0.1) is 0 Å². The number of halogens is 2. The molecular formula is C11H14BrClO. The van der Waals surface area contributed by atoms with Gasteiger partial charge in [-0.3, -0.25) is 0 Å². The minimum absolute atomic E-state index is 0.339. The Morgan fingerprint density at radius 2 is 2.21 bits per heavy atom. The predicted molar refractivity (Wildman–Crippen MR) is 64.6 cm³/mol. The summed E-state index contributed by atoms with van der Waals surface area (Å²) >= 11 is 9.75. The van der Waals surface area contributed by atoms with Gasteiger partial charge in [0.15, 0.2) is 0 Å². The second-order valence-corrected chi connectivity index (χ2v) is 4.66. The van der Waals surface area contributed by atoms with Gasteiger partial charge >= 0.3 is 0 Å². The summed E-state index contributed by atoms with van der Waals surface area (Å²) in [6, 6.07) is 5.79. The molecular weight excluding hydrogens is 263 g/mol. The molecule has 0 saturated carbocycles. The number of hydrogen-bond donors (Lipinski definition) is 0. The molecule has 0 fully saturated rings. The molecule has 0 aliphatic carbocycles. The molecule has 78 valence electrons. The van der Waals surface area contributed by atoms with E-state index in [1.54, 1.807) is 7.11 Å². The number of methoxy groups -OCH3 is 1. The van der Waals surface area contributed by atoms with Gasteiger partial charge in [-0.25, -0.2) is 0 Å². The van der Waals surface area contributed by atoms with Crippen molar-refractivity contribution in [1.29, 1.82) is 0 Å². The van der Waals surface area contributed by atoms with E-state index >= 15 is 0 Å². The summed E-state index contributed by atoms with van der Waals surface area (Å²) in [6.45, 7) is 2.16. The number of alkyl halides is 1. The Hall–Kier alpha value is -0.210. The largest absolute Gasteiger partial charge is 0.497 e. The topological polar surface area (TPSA) is 9.23 Å². The molecule has 0 aromatic heterocycles. The van der Waals surface area contributed by atoms with Crippen molar-refractivity contribution in [3.63, 3.8) is 0 Å². The fourth-order valence-electron chi connectivity index (χ4n) is 1.30. The first-order chi connectivity index (χ1) is 6.69. The third kappa shape index (κ3) is 2.89. The van der Waals surface area contributed by atoms with E-state index < -0.39 is 0 Å². The van der Waals surface area contributed by atoms with Gasteiger partial charge in [-0.15, -0.1) is 0 Å². The van der Waals surface area contributed by atoms with E-state index in [0.717, 1.165) is 29.2 Å². The molecule has 1 unspecified atom stereocenters. The Kier molecular flexibility index (Phi) is 4.76. The Balaban J connectivity index is 2.88. The summed E-state index contributed by atoms with van der Waals surface area (Å²) < 4.78 is 5.09. The second-order valence-electron chi connectivity index (χ2n) is 3.14. The normalized spacial score (nSPS) is 12.6. The molecule has 0 saturated heterocycles. The maximum Gasteiger partial charge on any atom is 0.120 e. The molecule has 0 amide bonds. The Labute approximate surface area is 98.5 Å². The lowest BCUT2D eigenvalue weighted by Crippen LogP contribution is -1.91. The van der Waals surface area contributed by atoms with Crippen LogP contribution in [0.5, 0.6) is 5.75 Å². The molecule has 0 bridgehead atoms. The van der Waals surface area contributed by atoms with Crippen LogP contribution in [-0.2, 0) is 0 Å². The van der Waals surface area contributed by atoms with Crippen molar-refractivity contribution in [2.24, 2.45) is 0 Å². The maximum atomic E-state index is 6.13. The summed E-state index contributed by atoms with van der Waals surface area (Å²) in [4.78, 5) is 0.339. The van der Waals surface area contributed by atoms with Crippen LogP contribution in [0.25, 0.3) is 0 Å². The molecule has 1 nitrogen and oxygen atoms in total. The van der Waals surface area contributed by atoms with Crippen molar-refractivity contribution < 1.29 is 4.74 Å². The van der Waals surface area contributed by atoms with Crippen molar-refractivity contribution >= 4 is 27.5 Å². The van der Waals surface area contributed by atoms with E-state index in [-0.39, 0.29) is 0 Å². The number of hydrogen-bond acceptors (Lipinski definition) is 1.